The van der Waals surface area contributed by atoms with Crippen molar-refractivity contribution in [2.45, 2.75) is 19.8 Å². The van der Waals surface area contributed by atoms with E-state index < -0.39 is 11.8 Å². The van der Waals surface area contributed by atoms with E-state index >= 15 is 0 Å². The second-order valence-corrected chi connectivity index (χ2v) is 7.74. The first kappa shape index (κ1) is 21.8. The molecule has 0 unspecified atom stereocenters. The van der Waals surface area contributed by atoms with Crippen molar-refractivity contribution < 1.29 is 19.1 Å². The predicted octanol–water partition coefficient (Wildman–Crippen LogP) is 4.31. The molecule has 1 N–H and O–H groups in total. The molecule has 156 valence electrons. The molecule has 0 spiro atoms. The maximum absolute atomic E-state index is 13.2. The molecule has 1 aliphatic rings. The summed E-state index contributed by atoms with van der Waals surface area (Å²) in [5.41, 5.74) is 2.15. The van der Waals surface area contributed by atoms with Gasteiger partial charge in [-0.2, -0.15) is 0 Å². The molecular weight excluding hydrogens is 424 g/mol. The van der Waals surface area contributed by atoms with Gasteiger partial charge in [0, 0.05) is 0 Å². The second-order valence-electron chi connectivity index (χ2n) is 6.94. The Kier molecular flexibility index (Phi) is 6.43. The minimum absolute atomic E-state index is 0.0322. The summed E-state index contributed by atoms with van der Waals surface area (Å²) in [6.45, 7) is 4.17. The Morgan fingerprint density at radius 3 is 2.33 bits per heavy atom. The van der Waals surface area contributed by atoms with Crippen molar-refractivity contribution in [1.29, 1.82) is 0 Å². The Hall–Kier alpha value is -2.90. The van der Waals surface area contributed by atoms with Gasteiger partial charge in [0.1, 0.15) is 5.57 Å². The number of rotatable bonds is 5. The number of hydrogen-bond donors (Lipinski definition) is 1. The molecule has 0 radical (unpaired) electrons. The van der Waals surface area contributed by atoms with Crippen LogP contribution < -0.4 is 19.7 Å². The Morgan fingerprint density at radius 2 is 1.77 bits per heavy atom. The zero-order chi connectivity index (χ0) is 22.0. The minimum atomic E-state index is -0.578. The van der Waals surface area contributed by atoms with Crippen LogP contribution in [-0.2, 0) is 9.59 Å². The van der Waals surface area contributed by atoms with Crippen LogP contribution in [0.4, 0.5) is 5.69 Å². The summed E-state index contributed by atoms with van der Waals surface area (Å²) in [6.07, 6.45) is 1.45. The Morgan fingerprint density at radius 1 is 1.10 bits per heavy atom. The maximum Gasteiger partial charge on any atom is 0.270 e. The van der Waals surface area contributed by atoms with Gasteiger partial charge in [0.25, 0.3) is 11.8 Å². The summed E-state index contributed by atoms with van der Waals surface area (Å²) < 4.78 is 10.5. The van der Waals surface area contributed by atoms with Crippen molar-refractivity contribution in [2.24, 2.45) is 0 Å². The fourth-order valence-corrected chi connectivity index (χ4v) is 3.67. The van der Waals surface area contributed by atoms with Crippen LogP contribution in [0.1, 0.15) is 30.9 Å². The molecule has 0 atom stereocenters. The number of carbonyl (C=O) groups is 2. The van der Waals surface area contributed by atoms with Crippen LogP contribution in [0.15, 0.2) is 42.0 Å². The van der Waals surface area contributed by atoms with Gasteiger partial charge in [0.05, 0.1) is 24.9 Å². The predicted molar refractivity (Wildman–Crippen MR) is 121 cm³/mol. The lowest BCUT2D eigenvalue weighted by Crippen LogP contribution is -2.54. The summed E-state index contributed by atoms with van der Waals surface area (Å²) in [5, 5.41) is 2.90. The summed E-state index contributed by atoms with van der Waals surface area (Å²) in [5.74, 6) is 0.0110. The Balaban J connectivity index is 2.01. The van der Waals surface area contributed by atoms with Crippen LogP contribution in [0.2, 0.25) is 5.02 Å². The van der Waals surface area contributed by atoms with Crippen LogP contribution >= 0.6 is 23.8 Å². The van der Waals surface area contributed by atoms with Crippen LogP contribution in [0, 0.1) is 0 Å². The molecule has 2 aromatic carbocycles. The number of amides is 2. The van der Waals surface area contributed by atoms with Gasteiger partial charge >= 0.3 is 0 Å². The van der Waals surface area contributed by atoms with Crippen LogP contribution in [0.3, 0.4) is 0 Å². The van der Waals surface area contributed by atoms with E-state index in [1.54, 1.807) is 12.1 Å². The van der Waals surface area contributed by atoms with E-state index in [0.29, 0.717) is 33.7 Å². The molecule has 8 heteroatoms. The molecule has 0 aliphatic carbocycles. The molecule has 1 heterocycles. The first-order chi connectivity index (χ1) is 14.3. The molecule has 6 nitrogen and oxygen atoms in total. The van der Waals surface area contributed by atoms with E-state index in [0.717, 1.165) is 5.56 Å². The van der Waals surface area contributed by atoms with Crippen molar-refractivity contribution in [3.8, 4) is 11.5 Å². The number of benzene rings is 2. The average molecular weight is 445 g/mol. The fraction of sp³-hybridized carbons (Fsp3) is 0.227. The second kappa shape index (κ2) is 8.85. The fourth-order valence-electron chi connectivity index (χ4n) is 3.09. The van der Waals surface area contributed by atoms with E-state index in [-0.39, 0.29) is 10.7 Å². The van der Waals surface area contributed by atoms with Gasteiger partial charge in [-0.15, -0.1) is 0 Å². The monoisotopic (exact) mass is 444 g/mol. The number of anilines is 1. The van der Waals surface area contributed by atoms with Crippen LogP contribution in [-0.4, -0.2) is 31.1 Å². The van der Waals surface area contributed by atoms with Gasteiger partial charge in [0.2, 0.25) is 0 Å². The summed E-state index contributed by atoms with van der Waals surface area (Å²) in [4.78, 5) is 27.0. The van der Waals surface area contributed by atoms with Crippen LogP contribution in [0.25, 0.3) is 6.08 Å². The van der Waals surface area contributed by atoms with E-state index in [4.69, 9.17) is 33.3 Å². The molecule has 0 saturated carbocycles. The lowest BCUT2D eigenvalue weighted by molar-refractivity contribution is -0.122. The number of nitrogens with zero attached hydrogens (tertiary/aromatic N) is 1. The van der Waals surface area contributed by atoms with Crippen molar-refractivity contribution in [3.63, 3.8) is 0 Å². The molecular formula is C22H21ClN2O4S. The highest BCUT2D eigenvalue weighted by atomic mass is 35.5. The summed E-state index contributed by atoms with van der Waals surface area (Å²) in [7, 11) is 2.95. The standard InChI is InChI=1S/C22H21ClN2O4S/c1-12(2)14-5-7-15(8-6-14)25-21(27)16(20(26)24-22(25)30)9-13-10-17(23)19(29-4)18(11-13)28-3/h5-12H,1-4H3,(H,24,26,30)/b16-9+. The molecule has 0 aromatic heterocycles. The molecule has 2 amide bonds. The third-order valence-electron chi connectivity index (χ3n) is 4.69. The molecule has 3 rings (SSSR count). The number of halogens is 1. The Bertz CT molecular complexity index is 1050. The SMILES string of the molecule is COc1cc(/C=C2\C(=O)NC(=S)N(c3ccc(C(C)C)cc3)C2=O)cc(Cl)c1OC. The number of ether oxygens (including phenoxy) is 2. The summed E-state index contributed by atoms with van der Waals surface area (Å²) in [6, 6.07) is 10.7. The van der Waals surface area contributed by atoms with Gasteiger partial charge in [-0.1, -0.05) is 37.6 Å². The number of nitrogens with one attached hydrogen (secondary N) is 1. The van der Waals surface area contributed by atoms with Crippen molar-refractivity contribution in [2.75, 3.05) is 19.1 Å². The van der Waals surface area contributed by atoms with Gasteiger partial charge in [-0.3, -0.25) is 19.8 Å². The smallest absolute Gasteiger partial charge is 0.270 e. The minimum Gasteiger partial charge on any atom is -0.493 e. The third kappa shape index (κ3) is 4.17. The molecule has 1 aliphatic heterocycles. The lowest BCUT2D eigenvalue weighted by Gasteiger charge is -2.29. The Labute approximate surface area is 185 Å². The third-order valence-corrected chi connectivity index (χ3v) is 5.25. The zero-order valence-corrected chi connectivity index (χ0v) is 18.6. The number of methoxy groups -OCH3 is 2. The van der Waals surface area contributed by atoms with E-state index in [9.17, 15) is 9.59 Å². The topological polar surface area (TPSA) is 67.9 Å². The molecule has 30 heavy (non-hydrogen) atoms. The van der Waals surface area contributed by atoms with Gasteiger partial charge in [-0.05, 0) is 59.6 Å². The van der Waals surface area contributed by atoms with Gasteiger partial charge < -0.3 is 9.47 Å². The number of thiocarbonyl (C=S) groups is 1. The van der Waals surface area contributed by atoms with Crippen molar-refractivity contribution in [1.82, 2.24) is 5.32 Å². The molecule has 0 bridgehead atoms. The van der Waals surface area contributed by atoms with Gasteiger partial charge in [-0.25, -0.2) is 0 Å². The molecule has 1 saturated heterocycles. The van der Waals surface area contributed by atoms with Crippen molar-refractivity contribution in [3.05, 3.63) is 58.1 Å². The highest BCUT2D eigenvalue weighted by Crippen LogP contribution is 2.37. The first-order valence-corrected chi connectivity index (χ1v) is 9.98. The molecule has 1 fully saturated rings. The van der Waals surface area contributed by atoms with Gasteiger partial charge in [0.15, 0.2) is 16.6 Å². The zero-order valence-electron chi connectivity index (χ0n) is 17.0. The lowest BCUT2D eigenvalue weighted by atomic mass is 10.0. The number of hydrogen-bond acceptors (Lipinski definition) is 5. The highest BCUT2D eigenvalue weighted by molar-refractivity contribution is 7.80. The summed E-state index contributed by atoms with van der Waals surface area (Å²) >= 11 is 11.5. The highest BCUT2D eigenvalue weighted by Gasteiger charge is 2.34. The average Bonchev–Trinajstić information content (AvgIpc) is 2.70. The van der Waals surface area contributed by atoms with Crippen LogP contribution in [0.5, 0.6) is 11.5 Å². The normalized spacial score (nSPS) is 15.6. The largest absolute Gasteiger partial charge is 0.493 e. The van der Waals surface area contributed by atoms with E-state index in [1.165, 1.54) is 25.2 Å². The number of carbonyl (C=O) groups excluding carboxylic acids is 2. The van der Waals surface area contributed by atoms with Crippen molar-refractivity contribution >= 4 is 52.5 Å². The van der Waals surface area contributed by atoms with E-state index in [1.807, 2.05) is 24.3 Å². The molecule has 2 aromatic rings. The maximum atomic E-state index is 13.2. The quantitative estimate of drug-likeness (QED) is 0.423. The van der Waals surface area contributed by atoms with E-state index in [2.05, 4.69) is 19.2 Å². The first-order valence-electron chi connectivity index (χ1n) is 9.19.